The maximum atomic E-state index is 12.7. The van der Waals surface area contributed by atoms with Crippen LogP contribution in [0, 0.1) is 0 Å². The molecule has 0 aliphatic carbocycles. The molecule has 0 radical (unpaired) electrons. The van der Waals surface area contributed by atoms with Crippen LogP contribution in [-0.2, 0) is 10.0 Å². The van der Waals surface area contributed by atoms with Gasteiger partial charge in [0.2, 0.25) is 15.9 Å². The summed E-state index contributed by atoms with van der Waals surface area (Å²) in [6, 6.07) is 10.6. The first kappa shape index (κ1) is 27.1. The third kappa shape index (κ3) is 5.94. The Morgan fingerprint density at radius 1 is 1.03 bits per heavy atom. The number of anilines is 1. The standard InChI is InChI=1S/C25H30N6O6S/c1-6-37-20-12-7-9-16(27-20)23-29-22-24(31(23)21-17(35-4)10-8-11-18(21)36-5)28-19(15-26-22)30-38(33,34)14-13-25(2,3)32/h7-12,15,32H,6,13-14H2,1-5H3,(H,28,30). The Morgan fingerprint density at radius 2 is 1.71 bits per heavy atom. The second kappa shape index (κ2) is 10.8. The summed E-state index contributed by atoms with van der Waals surface area (Å²) >= 11 is 0. The SMILES string of the molecule is CCOc1cccc(-c2nc3ncc(NS(=O)(=O)CCC(C)(C)O)nc3n2-c2c(OC)cccc2OC)n1. The van der Waals surface area contributed by atoms with Crippen molar-refractivity contribution in [3.63, 3.8) is 0 Å². The van der Waals surface area contributed by atoms with Crippen LogP contribution in [-0.4, -0.2) is 70.2 Å². The van der Waals surface area contributed by atoms with Crippen molar-refractivity contribution in [3.8, 4) is 34.6 Å². The first-order chi connectivity index (χ1) is 18.0. The van der Waals surface area contributed by atoms with Crippen LogP contribution < -0.4 is 18.9 Å². The number of fused-ring (bicyclic) bond motifs is 1. The van der Waals surface area contributed by atoms with E-state index in [2.05, 4.69) is 24.7 Å². The van der Waals surface area contributed by atoms with Crippen molar-refractivity contribution in [1.82, 2.24) is 24.5 Å². The number of ether oxygens (including phenoxy) is 3. The van der Waals surface area contributed by atoms with Gasteiger partial charge in [0.1, 0.15) is 22.9 Å². The number of methoxy groups -OCH3 is 2. The number of aliphatic hydroxyl groups is 1. The molecule has 0 spiro atoms. The number of pyridine rings is 1. The molecule has 0 atom stereocenters. The predicted molar refractivity (Wildman–Crippen MR) is 142 cm³/mol. The minimum absolute atomic E-state index is 0.00848. The monoisotopic (exact) mass is 542 g/mol. The Labute approximate surface area is 220 Å². The van der Waals surface area contributed by atoms with Gasteiger partial charge in [0, 0.05) is 6.07 Å². The van der Waals surface area contributed by atoms with Gasteiger partial charge in [-0.1, -0.05) is 12.1 Å². The highest BCUT2D eigenvalue weighted by molar-refractivity contribution is 7.92. The molecule has 4 aromatic rings. The molecular formula is C25H30N6O6S. The number of imidazole rings is 1. The molecule has 4 rings (SSSR count). The Kier molecular flexibility index (Phi) is 7.69. The Balaban J connectivity index is 1.92. The van der Waals surface area contributed by atoms with E-state index in [4.69, 9.17) is 14.2 Å². The molecule has 3 aromatic heterocycles. The fourth-order valence-corrected chi connectivity index (χ4v) is 4.99. The van der Waals surface area contributed by atoms with Crippen molar-refractivity contribution in [2.24, 2.45) is 0 Å². The average molecular weight is 543 g/mol. The molecule has 0 aliphatic rings. The largest absolute Gasteiger partial charge is 0.494 e. The first-order valence-electron chi connectivity index (χ1n) is 11.8. The van der Waals surface area contributed by atoms with Gasteiger partial charge in [-0.2, -0.15) is 0 Å². The van der Waals surface area contributed by atoms with Crippen molar-refractivity contribution in [2.75, 3.05) is 31.3 Å². The van der Waals surface area contributed by atoms with E-state index >= 15 is 0 Å². The van der Waals surface area contributed by atoms with Crippen LogP contribution in [0.5, 0.6) is 17.4 Å². The molecule has 0 unspecified atom stereocenters. The van der Waals surface area contributed by atoms with Gasteiger partial charge >= 0.3 is 0 Å². The second-order valence-electron chi connectivity index (χ2n) is 8.96. The number of para-hydroxylation sites is 1. The Hall–Kier alpha value is -3.97. The minimum Gasteiger partial charge on any atom is -0.494 e. The van der Waals surface area contributed by atoms with Gasteiger partial charge in [-0.05, 0) is 45.4 Å². The van der Waals surface area contributed by atoms with Crippen molar-refractivity contribution >= 4 is 27.1 Å². The van der Waals surface area contributed by atoms with Crippen LogP contribution in [0.1, 0.15) is 27.2 Å². The zero-order valence-electron chi connectivity index (χ0n) is 21.8. The number of sulfonamides is 1. The fourth-order valence-electron chi connectivity index (χ4n) is 3.70. The van der Waals surface area contributed by atoms with Crippen molar-refractivity contribution in [2.45, 2.75) is 32.8 Å². The highest BCUT2D eigenvalue weighted by Crippen LogP contribution is 2.38. The Bertz CT molecular complexity index is 1530. The molecule has 12 nitrogen and oxygen atoms in total. The van der Waals surface area contributed by atoms with E-state index in [-0.39, 0.29) is 29.3 Å². The van der Waals surface area contributed by atoms with E-state index < -0.39 is 15.6 Å². The maximum absolute atomic E-state index is 12.7. The third-order valence-electron chi connectivity index (χ3n) is 5.48. The zero-order valence-corrected chi connectivity index (χ0v) is 22.6. The molecule has 1 aromatic carbocycles. The van der Waals surface area contributed by atoms with Gasteiger partial charge in [-0.3, -0.25) is 9.29 Å². The molecule has 0 amide bonds. The van der Waals surface area contributed by atoms with Gasteiger partial charge in [-0.25, -0.2) is 28.4 Å². The summed E-state index contributed by atoms with van der Waals surface area (Å²) in [5.74, 6) is 1.40. The van der Waals surface area contributed by atoms with Crippen LogP contribution in [0.3, 0.4) is 0 Å². The smallest absolute Gasteiger partial charge is 0.234 e. The Morgan fingerprint density at radius 3 is 2.34 bits per heavy atom. The lowest BCUT2D eigenvalue weighted by molar-refractivity contribution is 0.0772. The van der Waals surface area contributed by atoms with Crippen molar-refractivity contribution < 1.29 is 27.7 Å². The van der Waals surface area contributed by atoms with Gasteiger partial charge < -0.3 is 19.3 Å². The molecule has 0 fully saturated rings. The van der Waals surface area contributed by atoms with E-state index in [9.17, 15) is 13.5 Å². The van der Waals surface area contributed by atoms with Crippen LogP contribution >= 0.6 is 0 Å². The molecule has 13 heteroatoms. The summed E-state index contributed by atoms with van der Waals surface area (Å²) in [7, 11) is -0.764. The molecule has 2 N–H and O–H groups in total. The van der Waals surface area contributed by atoms with E-state index in [1.165, 1.54) is 20.4 Å². The minimum atomic E-state index is -3.82. The van der Waals surface area contributed by atoms with Gasteiger partial charge in [-0.15, -0.1) is 0 Å². The maximum Gasteiger partial charge on any atom is 0.234 e. The van der Waals surface area contributed by atoms with Crippen molar-refractivity contribution in [3.05, 3.63) is 42.6 Å². The van der Waals surface area contributed by atoms with Gasteiger partial charge in [0.05, 0.1) is 38.4 Å². The fraction of sp³-hybridized carbons (Fsp3) is 0.360. The summed E-state index contributed by atoms with van der Waals surface area (Å²) in [5.41, 5.74) is 0.303. The van der Waals surface area contributed by atoms with Crippen LogP contribution in [0.2, 0.25) is 0 Å². The summed E-state index contributed by atoms with van der Waals surface area (Å²) in [4.78, 5) is 18.2. The summed E-state index contributed by atoms with van der Waals surface area (Å²) in [6.07, 6.45) is 1.33. The molecule has 0 aliphatic heterocycles. The number of nitrogens with one attached hydrogen (secondary N) is 1. The number of hydrogen-bond acceptors (Lipinski definition) is 10. The molecule has 3 heterocycles. The van der Waals surface area contributed by atoms with Crippen molar-refractivity contribution in [1.29, 1.82) is 0 Å². The predicted octanol–water partition coefficient (Wildman–Crippen LogP) is 3.20. The lowest BCUT2D eigenvalue weighted by Gasteiger charge is -2.17. The lowest BCUT2D eigenvalue weighted by atomic mass is 10.1. The number of rotatable bonds is 11. The normalized spacial score (nSPS) is 11.9. The molecule has 202 valence electrons. The van der Waals surface area contributed by atoms with E-state index in [0.717, 1.165) is 0 Å². The van der Waals surface area contributed by atoms with E-state index in [1.54, 1.807) is 54.8 Å². The summed E-state index contributed by atoms with van der Waals surface area (Å²) in [5, 5.41) is 9.94. The molecule has 38 heavy (non-hydrogen) atoms. The number of hydrogen-bond donors (Lipinski definition) is 2. The van der Waals surface area contributed by atoms with Crippen LogP contribution in [0.25, 0.3) is 28.5 Å². The highest BCUT2D eigenvalue weighted by Gasteiger charge is 2.25. The highest BCUT2D eigenvalue weighted by atomic mass is 32.2. The van der Waals surface area contributed by atoms with Gasteiger partial charge in [0.15, 0.2) is 22.9 Å². The number of aromatic nitrogens is 5. The molecular weight excluding hydrogens is 512 g/mol. The molecule has 0 saturated heterocycles. The number of benzene rings is 1. The number of nitrogens with zero attached hydrogens (tertiary/aromatic N) is 5. The average Bonchev–Trinajstić information content (AvgIpc) is 3.25. The molecule has 0 saturated carbocycles. The topological polar surface area (TPSA) is 151 Å². The van der Waals surface area contributed by atoms with E-state index in [0.29, 0.717) is 41.2 Å². The van der Waals surface area contributed by atoms with Crippen LogP contribution in [0.4, 0.5) is 5.82 Å². The molecule has 0 bridgehead atoms. The summed E-state index contributed by atoms with van der Waals surface area (Å²) < 4.78 is 46.3. The van der Waals surface area contributed by atoms with Gasteiger partial charge in [0.25, 0.3) is 0 Å². The zero-order chi connectivity index (χ0) is 27.5. The first-order valence-corrected chi connectivity index (χ1v) is 13.5. The second-order valence-corrected chi connectivity index (χ2v) is 10.8. The quantitative estimate of drug-likeness (QED) is 0.289. The summed E-state index contributed by atoms with van der Waals surface area (Å²) in [6.45, 7) is 5.39. The third-order valence-corrected chi connectivity index (χ3v) is 6.75. The lowest BCUT2D eigenvalue weighted by Crippen LogP contribution is -2.26. The van der Waals surface area contributed by atoms with E-state index in [1.807, 2.05) is 6.92 Å². The van der Waals surface area contributed by atoms with Crippen LogP contribution in [0.15, 0.2) is 42.6 Å².